The lowest BCUT2D eigenvalue weighted by atomic mass is 9.97. The molecule has 1 amide bonds. The monoisotopic (exact) mass is 348 g/mol. The maximum atomic E-state index is 13.3. The Bertz CT molecular complexity index is 578. The molecule has 1 aliphatic heterocycles. The van der Waals surface area contributed by atoms with Gasteiger partial charge >= 0.3 is 6.18 Å². The molecule has 24 heavy (non-hydrogen) atoms. The van der Waals surface area contributed by atoms with Crippen molar-refractivity contribution in [2.24, 2.45) is 5.92 Å². The molecule has 0 aromatic heterocycles. The van der Waals surface area contributed by atoms with E-state index in [2.05, 4.69) is 5.32 Å². The van der Waals surface area contributed by atoms with Crippen molar-refractivity contribution in [1.29, 1.82) is 0 Å². The molecule has 0 bridgehead atoms. The van der Waals surface area contributed by atoms with Crippen molar-refractivity contribution in [2.75, 3.05) is 19.6 Å². The van der Waals surface area contributed by atoms with E-state index in [4.69, 9.17) is 5.11 Å². The van der Waals surface area contributed by atoms with Gasteiger partial charge in [-0.25, -0.2) is 4.39 Å². The third-order valence-corrected chi connectivity index (χ3v) is 4.03. The Morgan fingerprint density at radius 3 is 2.79 bits per heavy atom. The van der Waals surface area contributed by atoms with Crippen LogP contribution in [0.25, 0.3) is 0 Å². The first-order valence-electron chi connectivity index (χ1n) is 7.73. The van der Waals surface area contributed by atoms with Gasteiger partial charge in [-0.1, -0.05) is 6.07 Å². The number of hydrogen-bond acceptors (Lipinski definition) is 3. The molecule has 2 N–H and O–H groups in total. The molecule has 1 aliphatic rings. The normalized spacial score (nSPS) is 19.3. The molecule has 1 atom stereocenters. The topological polar surface area (TPSA) is 52.6 Å². The fourth-order valence-electron chi connectivity index (χ4n) is 2.86. The van der Waals surface area contributed by atoms with Crippen LogP contribution >= 0.6 is 0 Å². The second-order valence-electron chi connectivity index (χ2n) is 5.99. The summed E-state index contributed by atoms with van der Waals surface area (Å²) >= 11 is 0. The molecule has 1 saturated heterocycles. The van der Waals surface area contributed by atoms with E-state index in [1.54, 1.807) is 0 Å². The van der Waals surface area contributed by atoms with Gasteiger partial charge in [-0.05, 0) is 37.1 Å². The highest BCUT2D eigenvalue weighted by Gasteiger charge is 2.34. The highest BCUT2D eigenvalue weighted by atomic mass is 19.4. The average Bonchev–Trinajstić information content (AvgIpc) is 2.52. The highest BCUT2D eigenvalue weighted by Crippen LogP contribution is 2.22. The third-order valence-electron chi connectivity index (χ3n) is 4.03. The maximum absolute atomic E-state index is 13.3. The third kappa shape index (κ3) is 5.45. The highest BCUT2D eigenvalue weighted by molar-refractivity contribution is 5.78. The first-order chi connectivity index (χ1) is 11.3. The first-order valence-corrected chi connectivity index (χ1v) is 7.73. The molecular weight excluding hydrogens is 328 g/mol. The Morgan fingerprint density at radius 1 is 1.38 bits per heavy atom. The van der Waals surface area contributed by atoms with E-state index in [1.807, 2.05) is 0 Å². The molecule has 4 nitrogen and oxygen atoms in total. The Hall–Kier alpha value is -1.67. The van der Waals surface area contributed by atoms with E-state index in [0.717, 1.165) is 0 Å². The standard InChI is InChI=1S/C16H20F4N2O2/c17-14-4-3-11(6-13(14)9-23)7-21-15(24)12-2-1-5-22(8-12)10-16(18,19)20/h3-4,6,12,23H,1-2,5,7-10H2,(H,21,24)/t12-/m1/s1. The minimum absolute atomic E-state index is 0.0800. The van der Waals surface area contributed by atoms with Crippen LogP contribution in [0.3, 0.4) is 0 Å². The van der Waals surface area contributed by atoms with E-state index < -0.39 is 31.1 Å². The molecule has 8 heteroatoms. The van der Waals surface area contributed by atoms with Crippen LogP contribution in [0.15, 0.2) is 18.2 Å². The quantitative estimate of drug-likeness (QED) is 0.803. The predicted molar refractivity (Wildman–Crippen MR) is 79.4 cm³/mol. The second-order valence-corrected chi connectivity index (χ2v) is 5.99. The summed E-state index contributed by atoms with van der Waals surface area (Å²) < 4.78 is 50.6. The smallest absolute Gasteiger partial charge is 0.392 e. The summed E-state index contributed by atoms with van der Waals surface area (Å²) in [7, 11) is 0. The molecule has 0 radical (unpaired) electrons. The number of halogens is 4. The Balaban J connectivity index is 1.88. The van der Waals surface area contributed by atoms with Crippen molar-refractivity contribution in [1.82, 2.24) is 10.2 Å². The molecule has 1 heterocycles. The number of aliphatic hydroxyl groups is 1. The summed E-state index contributed by atoms with van der Waals surface area (Å²) in [6.07, 6.45) is -3.18. The summed E-state index contributed by atoms with van der Waals surface area (Å²) in [6.45, 7) is -0.892. The van der Waals surface area contributed by atoms with E-state index in [9.17, 15) is 22.4 Å². The van der Waals surface area contributed by atoms with Crippen molar-refractivity contribution >= 4 is 5.91 Å². The van der Waals surface area contributed by atoms with Crippen molar-refractivity contribution in [3.63, 3.8) is 0 Å². The number of aliphatic hydroxyl groups excluding tert-OH is 1. The molecule has 1 aromatic rings. The number of nitrogens with zero attached hydrogens (tertiary/aromatic N) is 1. The minimum atomic E-state index is -4.27. The minimum Gasteiger partial charge on any atom is -0.392 e. The number of piperidine rings is 1. The Labute approximate surface area is 137 Å². The van der Waals surface area contributed by atoms with Crippen LogP contribution in [-0.4, -0.2) is 41.7 Å². The maximum Gasteiger partial charge on any atom is 0.401 e. The van der Waals surface area contributed by atoms with Gasteiger partial charge in [-0.2, -0.15) is 13.2 Å². The zero-order valence-corrected chi connectivity index (χ0v) is 13.1. The molecule has 0 aliphatic carbocycles. The molecule has 0 spiro atoms. The number of nitrogens with one attached hydrogen (secondary N) is 1. The number of carbonyl (C=O) groups excluding carboxylic acids is 1. The van der Waals surface area contributed by atoms with E-state index in [-0.39, 0.29) is 24.6 Å². The van der Waals surface area contributed by atoms with Gasteiger partial charge in [0.15, 0.2) is 0 Å². The SMILES string of the molecule is O=C(NCc1ccc(F)c(CO)c1)[C@@H]1CCCN(CC(F)(F)F)C1. The molecule has 134 valence electrons. The van der Waals surface area contributed by atoms with Crippen LogP contribution in [0.4, 0.5) is 17.6 Å². The van der Waals surface area contributed by atoms with Gasteiger partial charge in [0, 0.05) is 18.7 Å². The summed E-state index contributed by atoms with van der Waals surface area (Å²) in [4.78, 5) is 13.4. The number of benzene rings is 1. The average molecular weight is 348 g/mol. The van der Waals surface area contributed by atoms with Gasteiger partial charge in [0.25, 0.3) is 0 Å². The van der Waals surface area contributed by atoms with Crippen molar-refractivity contribution in [3.8, 4) is 0 Å². The summed E-state index contributed by atoms with van der Waals surface area (Å²) in [5.74, 6) is -1.32. The predicted octanol–water partition coefficient (Wildman–Crippen LogP) is 2.21. The summed E-state index contributed by atoms with van der Waals surface area (Å²) in [5.41, 5.74) is 0.757. The number of amides is 1. The van der Waals surface area contributed by atoms with Crippen LogP contribution in [-0.2, 0) is 17.9 Å². The number of likely N-dealkylation sites (tertiary alicyclic amines) is 1. The van der Waals surface area contributed by atoms with Crippen LogP contribution in [0.2, 0.25) is 0 Å². The van der Waals surface area contributed by atoms with Crippen molar-refractivity contribution in [3.05, 3.63) is 35.1 Å². The molecule has 0 saturated carbocycles. The van der Waals surface area contributed by atoms with E-state index in [1.165, 1.54) is 23.1 Å². The van der Waals surface area contributed by atoms with Gasteiger partial charge in [-0.3, -0.25) is 9.69 Å². The van der Waals surface area contributed by atoms with Gasteiger partial charge < -0.3 is 10.4 Å². The second kappa shape index (κ2) is 7.94. The fourth-order valence-corrected chi connectivity index (χ4v) is 2.86. The van der Waals surface area contributed by atoms with Crippen LogP contribution in [0.1, 0.15) is 24.0 Å². The van der Waals surface area contributed by atoms with Gasteiger partial charge in [-0.15, -0.1) is 0 Å². The van der Waals surface area contributed by atoms with Crippen molar-refractivity contribution in [2.45, 2.75) is 32.2 Å². The molecule has 1 fully saturated rings. The summed E-state index contributed by atoms with van der Waals surface area (Å²) in [5, 5.41) is 11.7. The zero-order valence-electron chi connectivity index (χ0n) is 13.1. The Kier molecular flexibility index (Phi) is 6.17. The van der Waals surface area contributed by atoms with Crippen LogP contribution < -0.4 is 5.32 Å². The van der Waals surface area contributed by atoms with Crippen LogP contribution in [0, 0.1) is 11.7 Å². The van der Waals surface area contributed by atoms with Gasteiger partial charge in [0.1, 0.15) is 5.82 Å². The van der Waals surface area contributed by atoms with Crippen LogP contribution in [0.5, 0.6) is 0 Å². The molecule has 0 unspecified atom stereocenters. The fraction of sp³-hybridized carbons (Fsp3) is 0.562. The summed E-state index contributed by atoms with van der Waals surface area (Å²) in [6, 6.07) is 4.15. The lowest BCUT2D eigenvalue weighted by Gasteiger charge is -2.32. The van der Waals surface area contributed by atoms with Crippen molar-refractivity contribution < 1.29 is 27.5 Å². The largest absolute Gasteiger partial charge is 0.401 e. The van der Waals surface area contributed by atoms with Gasteiger partial charge in [0.2, 0.25) is 5.91 Å². The van der Waals surface area contributed by atoms with E-state index in [0.29, 0.717) is 24.9 Å². The van der Waals surface area contributed by atoms with E-state index >= 15 is 0 Å². The molecular formula is C16H20F4N2O2. The lowest BCUT2D eigenvalue weighted by Crippen LogP contribution is -2.45. The zero-order chi connectivity index (χ0) is 17.7. The van der Waals surface area contributed by atoms with Gasteiger partial charge in [0.05, 0.1) is 19.1 Å². The lowest BCUT2D eigenvalue weighted by molar-refractivity contribution is -0.152. The first kappa shape index (κ1) is 18.7. The number of rotatable bonds is 5. The number of carbonyl (C=O) groups is 1. The Morgan fingerprint density at radius 2 is 2.12 bits per heavy atom. The number of alkyl halides is 3. The number of hydrogen-bond donors (Lipinski definition) is 2. The molecule has 2 rings (SSSR count). The molecule has 1 aromatic carbocycles.